The average Bonchev–Trinajstić information content (AvgIpc) is 3.21. The molecule has 0 aliphatic heterocycles. The molecule has 1 aliphatic rings. The maximum atomic E-state index is 13.0. The van der Waals surface area contributed by atoms with Gasteiger partial charge in [-0.05, 0) is 36.8 Å². The summed E-state index contributed by atoms with van der Waals surface area (Å²) >= 11 is 7.76. The fourth-order valence-corrected chi connectivity index (χ4v) is 4.45. The number of carbonyl (C=O) groups excluding carboxylic acids is 3. The number of ketones is 1. The number of likely N-dealkylation sites (N-methyl/N-ethyl adjacent to an activating group) is 1. The second kappa shape index (κ2) is 8.23. The lowest BCUT2D eigenvalue weighted by atomic mass is 9.74. The van der Waals surface area contributed by atoms with E-state index >= 15 is 0 Å². The molecule has 142 valence electrons. The van der Waals surface area contributed by atoms with Gasteiger partial charge in [-0.1, -0.05) is 29.8 Å². The van der Waals surface area contributed by atoms with Gasteiger partial charge in [0.05, 0.1) is 5.56 Å². The third kappa shape index (κ3) is 3.77. The van der Waals surface area contributed by atoms with E-state index in [9.17, 15) is 14.4 Å². The van der Waals surface area contributed by atoms with Crippen LogP contribution < -0.4 is 0 Å². The van der Waals surface area contributed by atoms with Crippen LogP contribution in [0.3, 0.4) is 0 Å². The van der Waals surface area contributed by atoms with Gasteiger partial charge in [-0.3, -0.25) is 9.59 Å². The molecule has 2 aromatic rings. The summed E-state index contributed by atoms with van der Waals surface area (Å²) in [6.07, 6.45) is 2.48. The number of esters is 1. The first-order valence-corrected chi connectivity index (χ1v) is 10.0. The molecule has 1 aliphatic carbocycles. The lowest BCUT2D eigenvalue weighted by Crippen LogP contribution is -2.55. The van der Waals surface area contributed by atoms with E-state index in [4.69, 9.17) is 16.3 Å². The molecule has 1 atom stereocenters. The first kappa shape index (κ1) is 19.6. The molecule has 0 N–H and O–H groups in total. The Hall–Kier alpha value is -2.18. The van der Waals surface area contributed by atoms with Gasteiger partial charge in [-0.2, -0.15) is 11.3 Å². The molecule has 3 rings (SSSR count). The van der Waals surface area contributed by atoms with E-state index in [2.05, 4.69) is 0 Å². The summed E-state index contributed by atoms with van der Waals surface area (Å²) in [6.45, 7) is -0.426. The maximum absolute atomic E-state index is 13.0. The summed E-state index contributed by atoms with van der Waals surface area (Å²) in [5.74, 6) is -1.03. The van der Waals surface area contributed by atoms with Crippen LogP contribution in [-0.2, 0) is 19.9 Å². The number of halogens is 1. The average molecular weight is 406 g/mol. The van der Waals surface area contributed by atoms with Crippen molar-refractivity contribution in [2.45, 2.75) is 31.2 Å². The number of nitrogens with zero attached hydrogens (tertiary/aromatic N) is 1. The van der Waals surface area contributed by atoms with Crippen LogP contribution >= 0.6 is 22.9 Å². The van der Waals surface area contributed by atoms with Gasteiger partial charge in [0, 0.05) is 29.4 Å². The Morgan fingerprint density at radius 1 is 1.26 bits per heavy atom. The van der Waals surface area contributed by atoms with Crippen LogP contribution in [0.4, 0.5) is 0 Å². The molecule has 0 radical (unpaired) electrons. The van der Waals surface area contributed by atoms with Crippen molar-refractivity contribution in [2.75, 3.05) is 13.7 Å². The Bertz CT molecular complexity index is 851. The van der Waals surface area contributed by atoms with Crippen LogP contribution in [0.25, 0.3) is 0 Å². The number of ether oxygens (including phenoxy) is 1. The van der Waals surface area contributed by atoms with Crippen LogP contribution in [0.15, 0.2) is 41.1 Å². The highest BCUT2D eigenvalue weighted by Gasteiger charge is 2.47. The van der Waals surface area contributed by atoms with Crippen molar-refractivity contribution >= 4 is 40.6 Å². The molecule has 1 aromatic carbocycles. The molecule has 1 aromatic heterocycles. The molecule has 0 unspecified atom stereocenters. The number of hydrogen-bond donors (Lipinski definition) is 0. The summed E-state index contributed by atoms with van der Waals surface area (Å²) < 4.78 is 5.14. The quantitative estimate of drug-likeness (QED) is 0.704. The van der Waals surface area contributed by atoms with Crippen molar-refractivity contribution in [3.63, 3.8) is 0 Å². The molecule has 7 heteroatoms. The maximum Gasteiger partial charge on any atom is 0.339 e. The lowest BCUT2D eigenvalue weighted by molar-refractivity contribution is -0.150. The summed E-state index contributed by atoms with van der Waals surface area (Å²) in [5.41, 5.74) is -0.0935. The summed E-state index contributed by atoms with van der Waals surface area (Å²) in [5, 5.41) is 3.87. The van der Waals surface area contributed by atoms with E-state index in [0.29, 0.717) is 29.0 Å². The topological polar surface area (TPSA) is 63.7 Å². The fourth-order valence-electron chi connectivity index (χ4n) is 3.53. The number of carbonyl (C=O) groups is 3. The zero-order chi connectivity index (χ0) is 19.4. The summed E-state index contributed by atoms with van der Waals surface area (Å²) in [4.78, 5) is 39.2. The number of benzene rings is 1. The van der Waals surface area contributed by atoms with Crippen molar-refractivity contribution in [1.29, 1.82) is 0 Å². The Balaban J connectivity index is 1.84. The normalized spacial score (nSPS) is 19.6. The van der Waals surface area contributed by atoms with Gasteiger partial charge in [0.1, 0.15) is 5.54 Å². The smallest absolute Gasteiger partial charge is 0.339 e. The third-order valence-corrected chi connectivity index (χ3v) is 6.02. The minimum Gasteiger partial charge on any atom is -0.452 e. The van der Waals surface area contributed by atoms with Gasteiger partial charge < -0.3 is 9.64 Å². The van der Waals surface area contributed by atoms with Gasteiger partial charge >= 0.3 is 5.97 Å². The molecule has 0 bridgehead atoms. The SMILES string of the molecule is CN(C(=O)COC(=O)c1ccsc1)[C@]1(c2ccccc2Cl)CCCCC1=O. The second-order valence-electron chi connectivity index (χ2n) is 6.51. The molecule has 1 saturated carbocycles. The van der Waals surface area contributed by atoms with Crippen molar-refractivity contribution in [1.82, 2.24) is 4.90 Å². The largest absolute Gasteiger partial charge is 0.452 e. The second-order valence-corrected chi connectivity index (χ2v) is 7.70. The van der Waals surface area contributed by atoms with E-state index in [1.807, 2.05) is 0 Å². The first-order chi connectivity index (χ1) is 13.0. The number of rotatable bonds is 5. The van der Waals surface area contributed by atoms with Crippen LogP contribution in [0.5, 0.6) is 0 Å². The molecule has 0 spiro atoms. The zero-order valence-electron chi connectivity index (χ0n) is 14.9. The lowest BCUT2D eigenvalue weighted by Gasteiger charge is -2.43. The standard InChI is InChI=1S/C20H20ClNO4S/c1-22(18(24)12-26-19(25)14-9-11-27-13-14)20(10-5-4-8-17(20)23)15-6-2-3-7-16(15)21/h2-3,6-7,9,11,13H,4-5,8,10,12H2,1H3/t20-/m0/s1. The van der Waals surface area contributed by atoms with Crippen molar-refractivity contribution < 1.29 is 19.1 Å². The highest BCUT2D eigenvalue weighted by molar-refractivity contribution is 7.08. The molecular formula is C20H20ClNO4S. The zero-order valence-corrected chi connectivity index (χ0v) is 16.5. The highest BCUT2D eigenvalue weighted by atomic mass is 35.5. The van der Waals surface area contributed by atoms with Gasteiger partial charge in [0.15, 0.2) is 12.4 Å². The van der Waals surface area contributed by atoms with E-state index in [1.54, 1.807) is 48.1 Å². The van der Waals surface area contributed by atoms with E-state index in [1.165, 1.54) is 16.2 Å². The third-order valence-electron chi connectivity index (χ3n) is 5.00. The molecule has 1 amide bonds. The Kier molecular flexibility index (Phi) is 5.97. The van der Waals surface area contributed by atoms with Crippen molar-refractivity contribution in [3.05, 3.63) is 57.2 Å². The Morgan fingerprint density at radius 2 is 2.04 bits per heavy atom. The summed E-state index contributed by atoms with van der Waals surface area (Å²) in [6, 6.07) is 8.73. The minimum absolute atomic E-state index is 0.0399. The van der Waals surface area contributed by atoms with Crippen molar-refractivity contribution in [2.24, 2.45) is 0 Å². The molecule has 5 nitrogen and oxygen atoms in total. The first-order valence-electron chi connectivity index (χ1n) is 8.71. The monoisotopic (exact) mass is 405 g/mol. The molecular weight excluding hydrogens is 386 g/mol. The molecule has 1 fully saturated rings. The predicted octanol–water partition coefficient (Wildman–Crippen LogP) is 4.06. The number of amides is 1. The van der Waals surface area contributed by atoms with E-state index in [-0.39, 0.29) is 5.78 Å². The molecule has 0 saturated heterocycles. The number of thiophene rings is 1. The van der Waals surface area contributed by atoms with Gasteiger partial charge in [0.2, 0.25) is 0 Å². The molecule has 1 heterocycles. The van der Waals surface area contributed by atoms with E-state index < -0.39 is 24.0 Å². The van der Waals surface area contributed by atoms with Crippen LogP contribution in [-0.4, -0.2) is 36.2 Å². The highest BCUT2D eigenvalue weighted by Crippen LogP contribution is 2.42. The van der Waals surface area contributed by atoms with Gasteiger partial charge in [-0.15, -0.1) is 0 Å². The fraction of sp³-hybridized carbons (Fsp3) is 0.350. The van der Waals surface area contributed by atoms with E-state index in [0.717, 1.165) is 12.8 Å². The number of Topliss-reactive ketones (excluding diaryl/α,β-unsaturated/α-hetero) is 1. The van der Waals surface area contributed by atoms with Crippen LogP contribution in [0.1, 0.15) is 41.6 Å². The van der Waals surface area contributed by atoms with Crippen LogP contribution in [0, 0.1) is 0 Å². The Morgan fingerprint density at radius 3 is 2.70 bits per heavy atom. The predicted molar refractivity (Wildman–Crippen MR) is 104 cm³/mol. The summed E-state index contributed by atoms with van der Waals surface area (Å²) in [7, 11) is 1.58. The Labute approximate surface area is 166 Å². The van der Waals surface area contributed by atoms with Crippen LogP contribution in [0.2, 0.25) is 5.02 Å². The van der Waals surface area contributed by atoms with Crippen molar-refractivity contribution in [3.8, 4) is 0 Å². The molecule has 27 heavy (non-hydrogen) atoms. The van der Waals surface area contributed by atoms with Gasteiger partial charge in [0.25, 0.3) is 5.91 Å². The van der Waals surface area contributed by atoms with Gasteiger partial charge in [-0.25, -0.2) is 4.79 Å². The number of hydrogen-bond acceptors (Lipinski definition) is 5. The minimum atomic E-state index is -1.12.